The van der Waals surface area contributed by atoms with Crippen molar-refractivity contribution in [1.82, 2.24) is 0 Å². The Kier molecular flexibility index (Phi) is 9.03. The Morgan fingerprint density at radius 1 is 0.971 bits per heavy atom. The number of carboxylic acids is 1. The summed E-state index contributed by atoms with van der Waals surface area (Å²) >= 11 is 12.0. The Balaban J connectivity index is 1.88. The number of methoxy groups -OCH3 is 2. The number of carboxylic acid groups (broad SMARTS) is 1. The van der Waals surface area contributed by atoms with Crippen molar-refractivity contribution in [3.63, 3.8) is 0 Å². The Hall–Kier alpha value is -3.20. The minimum absolute atomic E-state index is 0.0934. The van der Waals surface area contributed by atoms with Gasteiger partial charge in [0.1, 0.15) is 22.5 Å². The first-order valence-electron chi connectivity index (χ1n) is 10.3. The van der Waals surface area contributed by atoms with Crippen LogP contribution in [0.1, 0.15) is 18.4 Å². The van der Waals surface area contributed by atoms with E-state index < -0.39 is 17.0 Å². The van der Waals surface area contributed by atoms with E-state index in [4.69, 9.17) is 42.5 Å². The molecule has 10 heteroatoms. The third-order valence-corrected chi connectivity index (χ3v) is 6.72. The van der Waals surface area contributed by atoms with Gasteiger partial charge in [0.2, 0.25) is 0 Å². The van der Waals surface area contributed by atoms with E-state index >= 15 is 0 Å². The summed E-state index contributed by atoms with van der Waals surface area (Å²) < 4.78 is 32.8. The van der Waals surface area contributed by atoms with Crippen molar-refractivity contribution in [2.75, 3.05) is 18.9 Å². The maximum absolute atomic E-state index is 13.2. The van der Waals surface area contributed by atoms with Crippen LogP contribution in [0.5, 0.6) is 23.0 Å². The van der Waals surface area contributed by atoms with Crippen molar-refractivity contribution >= 4 is 51.4 Å². The van der Waals surface area contributed by atoms with Crippen LogP contribution in [0.2, 0.25) is 10.0 Å². The van der Waals surface area contributed by atoms with Gasteiger partial charge in [0.15, 0.2) is 11.5 Å². The lowest BCUT2D eigenvalue weighted by molar-refractivity contribution is -0.136. The van der Waals surface area contributed by atoms with Crippen LogP contribution >= 0.6 is 23.2 Å². The lowest BCUT2D eigenvalue weighted by Gasteiger charge is -2.17. The molecule has 7 nitrogen and oxygen atoms in total. The first-order chi connectivity index (χ1) is 16.7. The summed E-state index contributed by atoms with van der Waals surface area (Å²) in [6, 6.07) is 14.9. The molecular formula is C25H23Cl2NO6S. The molecule has 0 bridgehead atoms. The molecule has 0 aliphatic heterocycles. The van der Waals surface area contributed by atoms with E-state index in [0.717, 1.165) is 0 Å². The molecule has 0 saturated carbocycles. The molecule has 3 rings (SSSR count). The zero-order chi connectivity index (χ0) is 25.5. The molecular weight excluding hydrogens is 513 g/mol. The van der Waals surface area contributed by atoms with E-state index in [1.807, 2.05) is 0 Å². The summed E-state index contributed by atoms with van der Waals surface area (Å²) in [5, 5.41) is 9.81. The normalized spacial score (nSPS) is 11.4. The first kappa shape index (κ1) is 26.4. The number of allylic oxidation sites excluding steroid dienone is 1. The maximum atomic E-state index is 13.2. The van der Waals surface area contributed by atoms with Crippen LogP contribution in [0.3, 0.4) is 0 Å². The number of benzene rings is 3. The summed E-state index contributed by atoms with van der Waals surface area (Å²) in [6.07, 6.45) is 0.114. The molecule has 0 aliphatic carbocycles. The molecule has 35 heavy (non-hydrogen) atoms. The van der Waals surface area contributed by atoms with Crippen LogP contribution in [0.15, 0.2) is 66.1 Å². The van der Waals surface area contributed by atoms with E-state index in [0.29, 0.717) is 54.8 Å². The lowest BCUT2D eigenvalue weighted by Crippen LogP contribution is -2.08. The summed E-state index contributed by atoms with van der Waals surface area (Å²) in [6.45, 7) is 4.00. The molecule has 0 amide bonds. The van der Waals surface area contributed by atoms with Gasteiger partial charge < -0.3 is 24.0 Å². The number of rotatable bonds is 11. The number of ether oxygens (including phenoxy) is 3. The zero-order valence-corrected chi connectivity index (χ0v) is 21.3. The van der Waals surface area contributed by atoms with Gasteiger partial charge in [-0.25, -0.2) is 4.21 Å². The molecule has 0 aromatic heterocycles. The van der Waals surface area contributed by atoms with Crippen molar-refractivity contribution in [2.45, 2.75) is 17.7 Å². The fourth-order valence-electron chi connectivity index (χ4n) is 3.14. The second-order valence-corrected chi connectivity index (χ2v) is 9.30. The van der Waals surface area contributed by atoms with E-state index in [9.17, 15) is 9.00 Å². The summed E-state index contributed by atoms with van der Waals surface area (Å²) in [5.41, 5.74) is 1.57. The largest absolute Gasteiger partial charge is 0.493 e. The highest BCUT2D eigenvalue weighted by Gasteiger charge is 2.17. The monoisotopic (exact) mass is 535 g/mol. The van der Waals surface area contributed by atoms with Crippen molar-refractivity contribution in [3.8, 4) is 23.0 Å². The number of halogens is 2. The predicted molar refractivity (Wildman–Crippen MR) is 138 cm³/mol. The third-order valence-electron chi connectivity index (χ3n) is 4.89. The van der Waals surface area contributed by atoms with Gasteiger partial charge in [0.05, 0.1) is 34.8 Å². The molecule has 2 N–H and O–H groups in total. The van der Waals surface area contributed by atoms with Crippen LogP contribution in [0.4, 0.5) is 5.69 Å². The lowest BCUT2D eigenvalue weighted by atomic mass is 10.0. The van der Waals surface area contributed by atoms with E-state index in [1.54, 1.807) is 54.6 Å². The van der Waals surface area contributed by atoms with Gasteiger partial charge in [-0.2, -0.15) is 0 Å². The summed E-state index contributed by atoms with van der Waals surface area (Å²) in [7, 11) is 1.28. The molecule has 0 saturated heterocycles. The Morgan fingerprint density at radius 2 is 1.66 bits per heavy atom. The Bertz CT molecular complexity index is 1280. The second-order valence-electron chi connectivity index (χ2n) is 7.27. The zero-order valence-electron chi connectivity index (χ0n) is 19.0. The maximum Gasteiger partial charge on any atom is 0.303 e. The van der Waals surface area contributed by atoms with Crippen LogP contribution in [0.25, 0.3) is 5.57 Å². The number of hydrogen-bond donors (Lipinski definition) is 2. The van der Waals surface area contributed by atoms with Crippen LogP contribution in [-0.4, -0.2) is 29.5 Å². The van der Waals surface area contributed by atoms with Gasteiger partial charge in [0, 0.05) is 24.1 Å². The summed E-state index contributed by atoms with van der Waals surface area (Å²) in [5.74, 6) is 0.843. The molecule has 184 valence electrons. The quantitative estimate of drug-likeness (QED) is 0.280. The van der Waals surface area contributed by atoms with Crippen molar-refractivity contribution in [1.29, 1.82) is 0 Å². The van der Waals surface area contributed by atoms with Crippen LogP contribution in [-0.2, 0) is 15.8 Å². The van der Waals surface area contributed by atoms with Crippen molar-refractivity contribution in [3.05, 3.63) is 76.8 Å². The molecule has 0 heterocycles. The van der Waals surface area contributed by atoms with Crippen molar-refractivity contribution < 1.29 is 28.3 Å². The third kappa shape index (κ3) is 6.91. The van der Waals surface area contributed by atoms with E-state index in [1.165, 1.54) is 14.2 Å². The average Bonchev–Trinajstić information content (AvgIpc) is 2.84. The molecule has 0 aliphatic rings. The topological polar surface area (TPSA) is 94.1 Å². The molecule has 3 aromatic carbocycles. The Labute approximate surface area is 215 Å². The predicted octanol–water partition coefficient (Wildman–Crippen LogP) is 6.82. The second kappa shape index (κ2) is 12.0. The minimum Gasteiger partial charge on any atom is -0.493 e. The SMILES string of the molecule is C=C(CCC(=O)O)c1cc(OC)c(OC)cc1NS(=O)c1cccc(Oc2ccc(Cl)c(Cl)c2)c1. The number of hydrogen-bond acceptors (Lipinski definition) is 5. The number of carbonyl (C=O) groups is 1. The van der Waals surface area contributed by atoms with Gasteiger partial charge in [-0.15, -0.1) is 0 Å². The van der Waals surface area contributed by atoms with E-state index in [-0.39, 0.29) is 12.8 Å². The fourth-order valence-corrected chi connectivity index (χ4v) is 4.34. The van der Waals surface area contributed by atoms with Crippen molar-refractivity contribution in [2.24, 2.45) is 0 Å². The average molecular weight is 536 g/mol. The van der Waals surface area contributed by atoms with Gasteiger partial charge in [-0.3, -0.25) is 4.79 Å². The highest BCUT2D eigenvalue weighted by atomic mass is 35.5. The van der Waals surface area contributed by atoms with Gasteiger partial charge in [0.25, 0.3) is 0 Å². The smallest absolute Gasteiger partial charge is 0.303 e. The highest BCUT2D eigenvalue weighted by molar-refractivity contribution is 7.86. The number of nitrogens with one attached hydrogen (secondary N) is 1. The molecule has 0 fully saturated rings. The Morgan fingerprint density at radius 3 is 2.31 bits per heavy atom. The first-order valence-corrected chi connectivity index (χ1v) is 12.2. The molecule has 3 aromatic rings. The molecule has 1 atom stereocenters. The number of anilines is 1. The van der Waals surface area contributed by atoms with E-state index in [2.05, 4.69) is 11.3 Å². The van der Waals surface area contributed by atoms with Crippen LogP contribution in [0, 0.1) is 0 Å². The van der Waals surface area contributed by atoms with Crippen LogP contribution < -0.4 is 18.9 Å². The standard InChI is InChI=1S/C25H23Cl2NO6S/c1-15(7-10-25(29)30)19-13-23(32-2)24(33-3)14-22(19)28-35(31)18-6-4-5-16(11-18)34-17-8-9-20(26)21(27)12-17/h4-6,8-9,11-14,28H,1,7,10H2,2-3H3,(H,29,30). The van der Waals surface area contributed by atoms with Gasteiger partial charge in [-0.05, 0) is 48.4 Å². The molecule has 0 radical (unpaired) electrons. The minimum atomic E-state index is -1.70. The van der Waals surface area contributed by atoms with Gasteiger partial charge in [-0.1, -0.05) is 35.8 Å². The number of aliphatic carboxylic acids is 1. The summed E-state index contributed by atoms with van der Waals surface area (Å²) in [4.78, 5) is 11.5. The molecule has 1 unspecified atom stereocenters. The fraction of sp³-hybridized carbons (Fsp3) is 0.160. The highest BCUT2D eigenvalue weighted by Crippen LogP contribution is 2.38. The van der Waals surface area contributed by atoms with Gasteiger partial charge >= 0.3 is 5.97 Å². The molecule has 0 spiro atoms.